The number of aromatic amines is 1. The molecule has 2 aromatic heterocycles. The predicted octanol–water partition coefficient (Wildman–Crippen LogP) is 1.27. The van der Waals surface area contributed by atoms with Gasteiger partial charge >= 0.3 is 11.7 Å². The van der Waals surface area contributed by atoms with Crippen molar-refractivity contribution in [2.24, 2.45) is 0 Å². The highest BCUT2D eigenvalue weighted by Gasteiger charge is 2.15. The number of carbonyl (C=O) groups excluding carboxylic acids is 1. The third-order valence-corrected chi connectivity index (χ3v) is 3.72. The molecule has 0 radical (unpaired) electrons. The molecule has 9 nitrogen and oxygen atoms in total. The van der Waals surface area contributed by atoms with Gasteiger partial charge < -0.3 is 20.2 Å². The first-order chi connectivity index (χ1) is 12.5. The molecular formula is C17H19N5O4. The minimum Gasteiger partial charge on any atom is -0.491 e. The zero-order valence-corrected chi connectivity index (χ0v) is 14.5. The van der Waals surface area contributed by atoms with Crippen LogP contribution in [0.3, 0.4) is 0 Å². The van der Waals surface area contributed by atoms with Crippen LogP contribution in [0.15, 0.2) is 29.1 Å². The van der Waals surface area contributed by atoms with Gasteiger partial charge in [0.25, 0.3) is 0 Å². The Morgan fingerprint density at radius 1 is 1.31 bits per heavy atom. The molecule has 0 aliphatic rings. The van der Waals surface area contributed by atoms with Gasteiger partial charge in [-0.3, -0.25) is 4.57 Å². The maximum absolute atomic E-state index is 12.2. The van der Waals surface area contributed by atoms with Crippen LogP contribution < -0.4 is 16.2 Å². The van der Waals surface area contributed by atoms with E-state index < -0.39 is 5.97 Å². The Labute approximate surface area is 148 Å². The molecule has 3 N–H and O–H groups in total. The van der Waals surface area contributed by atoms with E-state index in [1.165, 1.54) is 4.57 Å². The van der Waals surface area contributed by atoms with Crippen LogP contribution in [-0.4, -0.2) is 38.7 Å². The number of anilines is 1. The fraction of sp³-hybridized carbons (Fsp3) is 0.294. The zero-order chi connectivity index (χ0) is 18.7. The lowest BCUT2D eigenvalue weighted by Crippen LogP contribution is -2.21. The second-order valence-corrected chi connectivity index (χ2v) is 5.50. The Bertz CT molecular complexity index is 1010. The molecule has 0 amide bonds. The minimum absolute atomic E-state index is 0.159. The standard InChI is InChI=1S/C17H19N5O4/c1-3-25-16(23)11-6-4-5-7-12(11)26-9-8-22-15-13(21-17(22)24)14(18)19-10(2)20-15/h4-7H,3,8-9H2,1-2H3,(H,21,24)(H2,18,19,20). The van der Waals surface area contributed by atoms with E-state index in [4.69, 9.17) is 15.2 Å². The van der Waals surface area contributed by atoms with Crippen LogP contribution in [0.5, 0.6) is 5.75 Å². The number of nitrogens with one attached hydrogen (secondary N) is 1. The van der Waals surface area contributed by atoms with Gasteiger partial charge in [0.1, 0.15) is 29.3 Å². The number of benzene rings is 1. The number of fused-ring (bicyclic) bond motifs is 1. The van der Waals surface area contributed by atoms with Gasteiger partial charge in [-0.1, -0.05) is 12.1 Å². The van der Waals surface area contributed by atoms with Crippen LogP contribution in [0.4, 0.5) is 5.82 Å². The Hall–Kier alpha value is -3.36. The normalized spacial score (nSPS) is 10.8. The van der Waals surface area contributed by atoms with E-state index in [0.29, 0.717) is 28.3 Å². The second-order valence-electron chi connectivity index (χ2n) is 5.50. The largest absolute Gasteiger partial charge is 0.491 e. The van der Waals surface area contributed by atoms with Crippen LogP contribution >= 0.6 is 0 Å². The molecule has 1 aromatic carbocycles. The number of aromatic nitrogens is 4. The van der Waals surface area contributed by atoms with Crippen molar-refractivity contribution in [3.63, 3.8) is 0 Å². The molecule has 0 aliphatic heterocycles. The van der Waals surface area contributed by atoms with Gasteiger partial charge in [-0.2, -0.15) is 0 Å². The van der Waals surface area contributed by atoms with Crippen molar-refractivity contribution in [1.29, 1.82) is 0 Å². The summed E-state index contributed by atoms with van der Waals surface area (Å²) in [5, 5.41) is 0. The molecule has 136 valence electrons. The van der Waals surface area contributed by atoms with Gasteiger partial charge in [0, 0.05) is 0 Å². The van der Waals surface area contributed by atoms with E-state index in [9.17, 15) is 9.59 Å². The molecule has 2 heterocycles. The molecule has 0 bridgehead atoms. The Morgan fingerprint density at radius 2 is 2.08 bits per heavy atom. The third-order valence-electron chi connectivity index (χ3n) is 3.72. The number of hydrogen-bond acceptors (Lipinski definition) is 7. The summed E-state index contributed by atoms with van der Waals surface area (Å²) in [4.78, 5) is 35.1. The molecule has 26 heavy (non-hydrogen) atoms. The van der Waals surface area contributed by atoms with Crippen molar-refractivity contribution in [1.82, 2.24) is 19.5 Å². The molecule has 0 saturated carbocycles. The first-order valence-corrected chi connectivity index (χ1v) is 8.12. The molecule has 0 saturated heterocycles. The van der Waals surface area contributed by atoms with Crippen molar-refractivity contribution >= 4 is 23.0 Å². The molecule has 3 aromatic rings. The van der Waals surface area contributed by atoms with Gasteiger partial charge in [-0.05, 0) is 26.0 Å². The molecule has 0 spiro atoms. The van der Waals surface area contributed by atoms with Crippen molar-refractivity contribution in [2.45, 2.75) is 20.4 Å². The quantitative estimate of drug-likeness (QED) is 0.636. The number of rotatable bonds is 6. The summed E-state index contributed by atoms with van der Waals surface area (Å²) < 4.78 is 12.1. The SMILES string of the molecule is CCOC(=O)c1ccccc1OCCn1c(=O)[nH]c2c(N)nc(C)nc21. The number of nitrogens with two attached hydrogens (primary N) is 1. The smallest absolute Gasteiger partial charge is 0.341 e. The number of esters is 1. The molecule has 3 rings (SSSR count). The minimum atomic E-state index is -0.455. The maximum Gasteiger partial charge on any atom is 0.341 e. The average molecular weight is 357 g/mol. The lowest BCUT2D eigenvalue weighted by Gasteiger charge is -2.11. The van der Waals surface area contributed by atoms with E-state index in [1.807, 2.05) is 0 Å². The molecule has 0 aliphatic carbocycles. The number of H-pyrrole nitrogens is 1. The lowest BCUT2D eigenvalue weighted by atomic mass is 10.2. The highest BCUT2D eigenvalue weighted by molar-refractivity contribution is 5.92. The molecule has 0 fully saturated rings. The van der Waals surface area contributed by atoms with Crippen molar-refractivity contribution in [3.05, 3.63) is 46.1 Å². The average Bonchev–Trinajstić information content (AvgIpc) is 2.92. The van der Waals surface area contributed by atoms with Crippen LogP contribution in [-0.2, 0) is 11.3 Å². The van der Waals surface area contributed by atoms with Crippen LogP contribution in [0.1, 0.15) is 23.1 Å². The highest BCUT2D eigenvalue weighted by atomic mass is 16.5. The van der Waals surface area contributed by atoms with E-state index in [0.717, 1.165) is 0 Å². The van der Waals surface area contributed by atoms with E-state index in [2.05, 4.69) is 15.0 Å². The number of nitrogens with zero attached hydrogens (tertiary/aromatic N) is 3. The zero-order valence-electron chi connectivity index (χ0n) is 14.5. The Balaban J connectivity index is 1.80. The summed E-state index contributed by atoms with van der Waals surface area (Å²) in [6.45, 7) is 4.10. The van der Waals surface area contributed by atoms with Crippen LogP contribution in [0.2, 0.25) is 0 Å². The topological polar surface area (TPSA) is 125 Å². The van der Waals surface area contributed by atoms with Crippen LogP contribution in [0.25, 0.3) is 11.2 Å². The first-order valence-electron chi connectivity index (χ1n) is 8.12. The van der Waals surface area contributed by atoms with E-state index in [1.54, 1.807) is 38.1 Å². The second kappa shape index (κ2) is 7.26. The molecule has 0 atom stereocenters. The number of aryl methyl sites for hydroxylation is 1. The molecule has 9 heteroatoms. The fourth-order valence-corrected chi connectivity index (χ4v) is 2.59. The maximum atomic E-state index is 12.2. The van der Waals surface area contributed by atoms with Crippen molar-refractivity contribution < 1.29 is 14.3 Å². The summed E-state index contributed by atoms with van der Waals surface area (Å²) in [6, 6.07) is 6.79. The van der Waals surface area contributed by atoms with Gasteiger partial charge in [-0.25, -0.2) is 19.6 Å². The number of hydrogen-bond donors (Lipinski definition) is 2. The number of para-hydroxylation sites is 1. The summed E-state index contributed by atoms with van der Waals surface area (Å²) >= 11 is 0. The summed E-state index contributed by atoms with van der Waals surface area (Å²) in [6.07, 6.45) is 0. The highest BCUT2D eigenvalue weighted by Crippen LogP contribution is 2.19. The monoisotopic (exact) mass is 357 g/mol. The van der Waals surface area contributed by atoms with Crippen molar-refractivity contribution in [2.75, 3.05) is 18.9 Å². The Kier molecular flexibility index (Phi) is 4.87. The third kappa shape index (κ3) is 3.37. The number of nitrogen functional groups attached to an aromatic ring is 1. The molecular weight excluding hydrogens is 338 g/mol. The summed E-state index contributed by atoms with van der Waals surface area (Å²) in [5.41, 5.74) is 6.62. The lowest BCUT2D eigenvalue weighted by molar-refractivity contribution is 0.0521. The van der Waals surface area contributed by atoms with Crippen molar-refractivity contribution in [3.8, 4) is 5.75 Å². The number of ether oxygens (including phenoxy) is 2. The predicted molar refractivity (Wildman–Crippen MR) is 95.2 cm³/mol. The fourth-order valence-electron chi connectivity index (χ4n) is 2.59. The van der Waals surface area contributed by atoms with E-state index in [-0.39, 0.29) is 31.3 Å². The van der Waals surface area contributed by atoms with Gasteiger partial charge in [0.05, 0.1) is 13.2 Å². The van der Waals surface area contributed by atoms with E-state index >= 15 is 0 Å². The Morgan fingerprint density at radius 3 is 2.85 bits per heavy atom. The summed E-state index contributed by atoms with van der Waals surface area (Å²) in [5.74, 6) is 0.626. The van der Waals surface area contributed by atoms with Gasteiger partial charge in [-0.15, -0.1) is 0 Å². The van der Waals surface area contributed by atoms with Gasteiger partial charge in [0.2, 0.25) is 0 Å². The summed E-state index contributed by atoms with van der Waals surface area (Å²) in [7, 11) is 0. The molecule has 0 unspecified atom stereocenters. The number of imidazole rings is 1. The van der Waals surface area contributed by atoms with Crippen LogP contribution in [0, 0.1) is 6.92 Å². The van der Waals surface area contributed by atoms with Gasteiger partial charge in [0.15, 0.2) is 11.5 Å². The first kappa shape index (κ1) is 17.5. The number of carbonyl (C=O) groups is 1.